The number of hydrogen-bond acceptors (Lipinski definition) is 6. The first-order valence-corrected chi connectivity index (χ1v) is 11.2. The standard InChI is InChI=1S/C28H20N4O3/c33-28(26-20-8-2-5-11-23(20)34-24-12-6-3-9-21(24)26)30-22-10-4-1-7-19(22)17-25-31-27(32-35-25)18-13-15-29-16-14-18/h1-16,26H,17H2,(H,30,33). The number of benzene rings is 3. The summed E-state index contributed by atoms with van der Waals surface area (Å²) in [6, 6.07) is 26.6. The van der Waals surface area contributed by atoms with Crippen molar-refractivity contribution in [3.63, 3.8) is 0 Å². The van der Waals surface area contributed by atoms with Gasteiger partial charge in [-0.05, 0) is 35.9 Å². The van der Waals surface area contributed by atoms with Crippen LogP contribution >= 0.6 is 0 Å². The maximum atomic E-state index is 13.7. The van der Waals surface area contributed by atoms with Crippen LogP contribution in [0.3, 0.4) is 0 Å². The lowest BCUT2D eigenvalue weighted by Gasteiger charge is -2.27. The van der Waals surface area contributed by atoms with E-state index < -0.39 is 5.92 Å². The molecule has 7 nitrogen and oxygen atoms in total. The van der Waals surface area contributed by atoms with Crippen molar-refractivity contribution in [3.8, 4) is 22.9 Å². The first-order valence-electron chi connectivity index (χ1n) is 11.2. The lowest BCUT2D eigenvalue weighted by Crippen LogP contribution is -2.25. The highest BCUT2D eigenvalue weighted by Crippen LogP contribution is 2.44. The second kappa shape index (κ2) is 8.87. The maximum absolute atomic E-state index is 13.7. The fraction of sp³-hybridized carbons (Fsp3) is 0.0714. The largest absolute Gasteiger partial charge is 0.457 e. The normalized spacial score (nSPS) is 12.3. The van der Waals surface area contributed by atoms with Gasteiger partial charge in [-0.15, -0.1) is 0 Å². The molecule has 5 aromatic rings. The fourth-order valence-corrected chi connectivity index (χ4v) is 4.30. The second-order valence-corrected chi connectivity index (χ2v) is 8.18. The summed E-state index contributed by atoms with van der Waals surface area (Å²) in [5.74, 6) is 1.71. The van der Waals surface area contributed by atoms with Crippen molar-refractivity contribution in [2.75, 3.05) is 5.32 Å². The number of carbonyl (C=O) groups is 1. The van der Waals surface area contributed by atoms with Gasteiger partial charge in [0.1, 0.15) is 11.5 Å². The summed E-state index contributed by atoms with van der Waals surface area (Å²) in [5, 5.41) is 7.21. The van der Waals surface area contributed by atoms with E-state index in [0.29, 0.717) is 35.3 Å². The second-order valence-electron chi connectivity index (χ2n) is 8.18. The fourth-order valence-electron chi connectivity index (χ4n) is 4.30. The van der Waals surface area contributed by atoms with Gasteiger partial charge in [0.25, 0.3) is 0 Å². The van der Waals surface area contributed by atoms with Gasteiger partial charge in [-0.2, -0.15) is 4.98 Å². The first-order chi connectivity index (χ1) is 17.3. The topological polar surface area (TPSA) is 90.1 Å². The van der Waals surface area contributed by atoms with Crippen LogP contribution in [0, 0.1) is 0 Å². The van der Waals surface area contributed by atoms with Crippen molar-refractivity contribution < 1.29 is 14.1 Å². The third-order valence-electron chi connectivity index (χ3n) is 5.97. The molecule has 0 saturated heterocycles. The van der Waals surface area contributed by atoms with Crippen LogP contribution < -0.4 is 10.1 Å². The summed E-state index contributed by atoms with van der Waals surface area (Å²) in [6.07, 6.45) is 3.75. The molecule has 6 rings (SSSR count). The lowest BCUT2D eigenvalue weighted by molar-refractivity contribution is -0.116. The van der Waals surface area contributed by atoms with Crippen molar-refractivity contribution in [3.05, 3.63) is 120 Å². The summed E-state index contributed by atoms with van der Waals surface area (Å²) < 4.78 is 11.5. The van der Waals surface area contributed by atoms with Gasteiger partial charge in [-0.1, -0.05) is 59.8 Å². The number of pyridine rings is 1. The number of hydrogen-bond donors (Lipinski definition) is 1. The smallest absolute Gasteiger partial charge is 0.236 e. The Morgan fingerprint density at radius 2 is 1.49 bits per heavy atom. The van der Waals surface area contributed by atoms with Crippen LogP contribution in [-0.4, -0.2) is 21.0 Å². The molecule has 35 heavy (non-hydrogen) atoms. The van der Waals surface area contributed by atoms with E-state index in [4.69, 9.17) is 9.26 Å². The van der Waals surface area contributed by atoms with Crippen molar-refractivity contribution in [2.45, 2.75) is 12.3 Å². The molecule has 2 aromatic heterocycles. The number of aromatic nitrogens is 3. The molecule has 0 bridgehead atoms. The van der Waals surface area contributed by atoms with E-state index >= 15 is 0 Å². The molecule has 0 unspecified atom stereocenters. The Morgan fingerprint density at radius 1 is 0.829 bits per heavy atom. The van der Waals surface area contributed by atoms with Crippen molar-refractivity contribution in [2.24, 2.45) is 0 Å². The highest BCUT2D eigenvalue weighted by atomic mass is 16.5. The number of fused-ring (bicyclic) bond motifs is 2. The average Bonchev–Trinajstić information content (AvgIpc) is 3.37. The summed E-state index contributed by atoms with van der Waals surface area (Å²) in [7, 11) is 0. The zero-order valence-corrected chi connectivity index (χ0v) is 18.6. The lowest BCUT2D eigenvalue weighted by atomic mass is 9.87. The first kappa shape index (κ1) is 20.8. The Hall–Kier alpha value is -4.78. The number of ether oxygens (including phenoxy) is 1. The van der Waals surface area contributed by atoms with Gasteiger partial charge in [0, 0.05) is 34.8 Å². The molecule has 1 amide bonds. The molecular weight excluding hydrogens is 440 g/mol. The maximum Gasteiger partial charge on any atom is 0.236 e. The number of nitrogens with one attached hydrogen (secondary N) is 1. The molecule has 170 valence electrons. The molecule has 0 aliphatic carbocycles. The molecule has 7 heteroatoms. The third-order valence-corrected chi connectivity index (χ3v) is 5.97. The third kappa shape index (κ3) is 4.04. The molecule has 1 aliphatic heterocycles. The number of carbonyl (C=O) groups excluding carboxylic acids is 1. The van der Waals surface area contributed by atoms with E-state index in [1.54, 1.807) is 12.4 Å². The summed E-state index contributed by atoms with van der Waals surface area (Å²) in [6.45, 7) is 0. The molecule has 0 radical (unpaired) electrons. The predicted molar refractivity (Wildman–Crippen MR) is 130 cm³/mol. The Balaban J connectivity index is 1.28. The zero-order chi connectivity index (χ0) is 23.6. The molecule has 3 heterocycles. The molecule has 3 aromatic carbocycles. The van der Waals surface area contributed by atoms with Gasteiger partial charge in [-0.3, -0.25) is 9.78 Å². The van der Waals surface area contributed by atoms with Crippen LogP contribution in [0.1, 0.15) is 28.5 Å². The van der Waals surface area contributed by atoms with Gasteiger partial charge >= 0.3 is 0 Å². The molecule has 0 atom stereocenters. The van der Waals surface area contributed by atoms with Crippen LogP contribution in [0.2, 0.25) is 0 Å². The predicted octanol–water partition coefficient (Wildman–Crippen LogP) is 5.60. The minimum atomic E-state index is -0.495. The van der Waals surface area contributed by atoms with Crippen molar-refractivity contribution in [1.82, 2.24) is 15.1 Å². The zero-order valence-electron chi connectivity index (χ0n) is 18.6. The number of amides is 1. The Kier molecular flexibility index (Phi) is 5.27. The molecule has 0 saturated carbocycles. The quantitative estimate of drug-likeness (QED) is 0.367. The van der Waals surface area contributed by atoms with Crippen LogP contribution in [0.15, 0.2) is 102 Å². The average molecular weight is 460 g/mol. The van der Waals surface area contributed by atoms with E-state index in [-0.39, 0.29) is 5.91 Å². The SMILES string of the molecule is O=C(Nc1ccccc1Cc1nc(-c2ccncc2)no1)C1c2ccccc2Oc2ccccc21. The minimum Gasteiger partial charge on any atom is -0.457 e. The Bertz CT molecular complexity index is 1470. The summed E-state index contributed by atoms with van der Waals surface area (Å²) in [4.78, 5) is 22.2. The molecule has 1 aliphatic rings. The Morgan fingerprint density at radius 3 is 2.23 bits per heavy atom. The van der Waals surface area contributed by atoms with Crippen LogP contribution in [0.4, 0.5) is 5.69 Å². The molecular formula is C28H20N4O3. The van der Waals surface area contributed by atoms with Gasteiger partial charge in [0.05, 0.1) is 12.3 Å². The van der Waals surface area contributed by atoms with Gasteiger partial charge < -0.3 is 14.6 Å². The van der Waals surface area contributed by atoms with Gasteiger partial charge in [-0.25, -0.2) is 0 Å². The van der Waals surface area contributed by atoms with E-state index in [9.17, 15) is 4.79 Å². The summed E-state index contributed by atoms with van der Waals surface area (Å²) >= 11 is 0. The molecule has 1 N–H and O–H groups in total. The molecule has 0 spiro atoms. The minimum absolute atomic E-state index is 0.136. The Labute approximate surface area is 201 Å². The van der Waals surface area contributed by atoms with Gasteiger partial charge in [0.2, 0.25) is 17.6 Å². The number of anilines is 1. The molecule has 0 fully saturated rings. The number of nitrogens with zero attached hydrogens (tertiary/aromatic N) is 3. The van der Waals surface area contributed by atoms with Crippen LogP contribution in [-0.2, 0) is 11.2 Å². The van der Waals surface area contributed by atoms with Crippen LogP contribution in [0.25, 0.3) is 11.4 Å². The van der Waals surface area contributed by atoms with E-state index in [0.717, 1.165) is 22.3 Å². The van der Waals surface area contributed by atoms with E-state index in [1.165, 1.54) is 0 Å². The van der Waals surface area contributed by atoms with Crippen molar-refractivity contribution in [1.29, 1.82) is 0 Å². The summed E-state index contributed by atoms with van der Waals surface area (Å²) in [5.41, 5.74) is 4.07. The van der Waals surface area contributed by atoms with E-state index in [1.807, 2.05) is 84.9 Å². The number of para-hydroxylation sites is 3. The number of rotatable bonds is 5. The monoisotopic (exact) mass is 460 g/mol. The van der Waals surface area contributed by atoms with Crippen LogP contribution in [0.5, 0.6) is 11.5 Å². The van der Waals surface area contributed by atoms with E-state index in [2.05, 4.69) is 20.4 Å². The highest BCUT2D eigenvalue weighted by molar-refractivity contribution is 6.00. The van der Waals surface area contributed by atoms with Crippen molar-refractivity contribution >= 4 is 11.6 Å². The highest BCUT2D eigenvalue weighted by Gasteiger charge is 2.32. The van der Waals surface area contributed by atoms with Gasteiger partial charge in [0.15, 0.2) is 0 Å².